The molecule has 0 radical (unpaired) electrons. The highest BCUT2D eigenvalue weighted by Gasteiger charge is 2.14. The van der Waals surface area contributed by atoms with Gasteiger partial charge in [-0.05, 0) is 74.1 Å². The first kappa shape index (κ1) is 22.3. The summed E-state index contributed by atoms with van der Waals surface area (Å²) < 4.78 is 11.0. The minimum atomic E-state index is 0.218. The molecule has 0 unspecified atom stereocenters. The molecule has 0 spiro atoms. The fourth-order valence-corrected chi connectivity index (χ4v) is 3.45. The van der Waals surface area contributed by atoms with Crippen LogP contribution < -0.4 is 14.8 Å². The molecule has 3 heteroatoms. The van der Waals surface area contributed by atoms with Crippen molar-refractivity contribution in [1.29, 1.82) is 0 Å². The van der Waals surface area contributed by atoms with Gasteiger partial charge in [-0.15, -0.1) is 0 Å². The average molecular weight is 385 g/mol. The number of quaternary nitrogens is 1. The number of benzene rings is 2. The Morgan fingerprint density at radius 1 is 0.786 bits per heavy atom. The van der Waals surface area contributed by atoms with Crippen LogP contribution in [0.3, 0.4) is 0 Å². The Hall–Kier alpha value is -2.00. The van der Waals surface area contributed by atoms with Gasteiger partial charge in [-0.3, -0.25) is 0 Å². The molecule has 3 nitrogen and oxygen atoms in total. The van der Waals surface area contributed by atoms with Gasteiger partial charge in [-0.25, -0.2) is 0 Å². The van der Waals surface area contributed by atoms with Gasteiger partial charge in [-0.1, -0.05) is 32.4 Å². The Labute approximate surface area is 171 Å². The molecule has 2 aromatic carbocycles. The Bertz CT molecular complexity index is 662. The zero-order valence-electron chi connectivity index (χ0n) is 18.3. The van der Waals surface area contributed by atoms with Crippen LogP contribution in [-0.2, 0) is 6.54 Å². The second-order valence-corrected chi connectivity index (χ2v) is 8.32. The largest absolute Gasteiger partial charge is 0.497 e. The van der Waals surface area contributed by atoms with E-state index in [4.69, 9.17) is 9.47 Å². The number of ether oxygens (including phenoxy) is 2. The standard InChI is InChI=1S/C25H37NO2/c1-19(2)6-9-23(22-10-14-25(15-11-22)28-20(3)4)16-17-26-18-21-7-12-24(27-5)13-8-21/h7-8,10-15,19-20,23,26H,6,9,16-18H2,1-5H3/p+1/t23-/m1/s1. The Morgan fingerprint density at radius 3 is 2.00 bits per heavy atom. The summed E-state index contributed by atoms with van der Waals surface area (Å²) in [5, 5.41) is 2.42. The molecule has 0 aromatic heterocycles. The van der Waals surface area contributed by atoms with E-state index in [1.54, 1.807) is 7.11 Å². The molecule has 0 amide bonds. The van der Waals surface area contributed by atoms with Gasteiger partial charge >= 0.3 is 0 Å². The van der Waals surface area contributed by atoms with E-state index in [1.807, 2.05) is 12.1 Å². The minimum Gasteiger partial charge on any atom is -0.497 e. The normalized spacial score (nSPS) is 12.4. The van der Waals surface area contributed by atoms with Crippen molar-refractivity contribution >= 4 is 0 Å². The first-order chi connectivity index (χ1) is 13.5. The monoisotopic (exact) mass is 384 g/mol. The van der Waals surface area contributed by atoms with Gasteiger partial charge < -0.3 is 14.8 Å². The van der Waals surface area contributed by atoms with E-state index in [9.17, 15) is 0 Å². The fourth-order valence-electron chi connectivity index (χ4n) is 3.45. The third kappa shape index (κ3) is 7.93. The molecule has 0 saturated heterocycles. The maximum absolute atomic E-state index is 5.80. The van der Waals surface area contributed by atoms with E-state index >= 15 is 0 Å². The highest BCUT2D eigenvalue weighted by molar-refractivity contribution is 5.29. The highest BCUT2D eigenvalue weighted by Crippen LogP contribution is 2.28. The molecular formula is C25H38NO2+. The molecule has 0 aliphatic heterocycles. The lowest BCUT2D eigenvalue weighted by atomic mass is 9.88. The number of hydrogen-bond donors (Lipinski definition) is 1. The van der Waals surface area contributed by atoms with Crippen LogP contribution >= 0.6 is 0 Å². The molecule has 0 aliphatic carbocycles. The van der Waals surface area contributed by atoms with Crippen molar-refractivity contribution in [2.24, 2.45) is 5.92 Å². The summed E-state index contributed by atoms with van der Waals surface area (Å²) in [6, 6.07) is 17.1. The summed E-state index contributed by atoms with van der Waals surface area (Å²) in [5.74, 6) is 3.24. The summed E-state index contributed by atoms with van der Waals surface area (Å²) in [6.45, 7) is 10.9. The number of nitrogens with two attached hydrogens (primary N) is 1. The van der Waals surface area contributed by atoms with Crippen molar-refractivity contribution in [3.63, 3.8) is 0 Å². The summed E-state index contributed by atoms with van der Waals surface area (Å²) in [7, 11) is 1.71. The summed E-state index contributed by atoms with van der Waals surface area (Å²) in [6.07, 6.45) is 3.94. The van der Waals surface area contributed by atoms with E-state index in [1.165, 1.54) is 30.4 Å². The summed E-state index contributed by atoms with van der Waals surface area (Å²) in [4.78, 5) is 0. The Morgan fingerprint density at radius 2 is 1.43 bits per heavy atom. The van der Waals surface area contributed by atoms with Crippen molar-refractivity contribution in [3.8, 4) is 11.5 Å². The highest BCUT2D eigenvalue weighted by atomic mass is 16.5. The molecule has 2 N–H and O–H groups in total. The molecule has 2 aromatic rings. The molecule has 0 saturated carbocycles. The summed E-state index contributed by atoms with van der Waals surface area (Å²) >= 11 is 0. The molecular weight excluding hydrogens is 346 g/mol. The molecule has 2 rings (SSSR count). The predicted molar refractivity (Wildman–Crippen MR) is 117 cm³/mol. The quantitative estimate of drug-likeness (QED) is 0.513. The topological polar surface area (TPSA) is 35.1 Å². The van der Waals surface area contributed by atoms with Crippen molar-refractivity contribution in [2.75, 3.05) is 13.7 Å². The molecule has 0 fully saturated rings. The van der Waals surface area contributed by atoms with Crippen LogP contribution in [0.2, 0.25) is 0 Å². The molecule has 0 aliphatic rings. The third-order valence-electron chi connectivity index (χ3n) is 5.07. The first-order valence-electron chi connectivity index (χ1n) is 10.7. The zero-order chi connectivity index (χ0) is 20.4. The Kier molecular flexibility index (Phi) is 9.36. The van der Waals surface area contributed by atoms with Gasteiger partial charge in [0.05, 0.1) is 19.8 Å². The number of rotatable bonds is 12. The van der Waals surface area contributed by atoms with Gasteiger partial charge in [0.1, 0.15) is 18.0 Å². The SMILES string of the molecule is COc1ccc(C[NH2+]CC[C@@H](CCC(C)C)c2ccc(OC(C)C)cc2)cc1. The van der Waals surface area contributed by atoms with Gasteiger partial charge in [-0.2, -0.15) is 0 Å². The van der Waals surface area contributed by atoms with Crippen LogP contribution in [0.4, 0.5) is 0 Å². The van der Waals surface area contributed by atoms with Crippen LogP contribution in [0.1, 0.15) is 64.0 Å². The van der Waals surface area contributed by atoms with Crippen molar-refractivity contribution in [2.45, 2.75) is 65.5 Å². The number of hydrogen-bond acceptors (Lipinski definition) is 2. The zero-order valence-corrected chi connectivity index (χ0v) is 18.3. The maximum Gasteiger partial charge on any atom is 0.119 e. The summed E-state index contributed by atoms with van der Waals surface area (Å²) in [5.41, 5.74) is 2.78. The molecule has 0 heterocycles. The van der Waals surface area contributed by atoms with E-state index in [2.05, 4.69) is 69.4 Å². The minimum absolute atomic E-state index is 0.218. The lowest BCUT2D eigenvalue weighted by Gasteiger charge is -2.19. The lowest BCUT2D eigenvalue weighted by molar-refractivity contribution is -0.671. The predicted octanol–water partition coefficient (Wildman–Crippen LogP) is 5.16. The second kappa shape index (κ2) is 11.8. The Balaban J connectivity index is 1.88. The fraction of sp³-hybridized carbons (Fsp3) is 0.520. The first-order valence-corrected chi connectivity index (χ1v) is 10.7. The van der Waals surface area contributed by atoms with Crippen molar-refractivity contribution < 1.29 is 14.8 Å². The van der Waals surface area contributed by atoms with Gasteiger partial charge in [0, 0.05) is 12.0 Å². The van der Waals surface area contributed by atoms with Crippen LogP contribution in [0.5, 0.6) is 11.5 Å². The van der Waals surface area contributed by atoms with Gasteiger partial charge in [0.2, 0.25) is 0 Å². The van der Waals surface area contributed by atoms with Gasteiger partial charge in [0.15, 0.2) is 0 Å². The lowest BCUT2D eigenvalue weighted by Crippen LogP contribution is -2.82. The molecule has 154 valence electrons. The van der Waals surface area contributed by atoms with E-state index in [-0.39, 0.29) is 6.10 Å². The molecule has 0 bridgehead atoms. The van der Waals surface area contributed by atoms with E-state index in [0.717, 1.165) is 30.5 Å². The van der Waals surface area contributed by atoms with Crippen LogP contribution in [0.25, 0.3) is 0 Å². The van der Waals surface area contributed by atoms with E-state index < -0.39 is 0 Å². The maximum atomic E-state index is 5.80. The van der Waals surface area contributed by atoms with Crippen molar-refractivity contribution in [3.05, 3.63) is 59.7 Å². The smallest absolute Gasteiger partial charge is 0.119 e. The molecule has 1 atom stereocenters. The average Bonchev–Trinajstić information content (AvgIpc) is 2.68. The van der Waals surface area contributed by atoms with Crippen LogP contribution in [0, 0.1) is 5.92 Å². The van der Waals surface area contributed by atoms with E-state index in [0.29, 0.717) is 5.92 Å². The van der Waals surface area contributed by atoms with Gasteiger partial charge in [0.25, 0.3) is 0 Å². The van der Waals surface area contributed by atoms with Crippen LogP contribution in [0.15, 0.2) is 48.5 Å². The third-order valence-corrected chi connectivity index (χ3v) is 5.07. The number of methoxy groups -OCH3 is 1. The van der Waals surface area contributed by atoms with Crippen LogP contribution in [-0.4, -0.2) is 19.8 Å². The molecule has 28 heavy (non-hydrogen) atoms. The second-order valence-electron chi connectivity index (χ2n) is 8.32. The van der Waals surface area contributed by atoms with Crippen molar-refractivity contribution in [1.82, 2.24) is 0 Å².